The second-order valence-electron chi connectivity index (χ2n) is 3.09. The number of hydrogen-bond donors (Lipinski definition) is 0. The maximum atomic E-state index is 5.59. The fourth-order valence-corrected chi connectivity index (χ4v) is 2.18. The van der Waals surface area contributed by atoms with Gasteiger partial charge in [-0.15, -0.1) is 0 Å². The van der Waals surface area contributed by atoms with Gasteiger partial charge < -0.3 is 14.2 Å². The SMILES string of the molecule is CCOC(CC[SiH2]C)(OCC)OCC. The van der Waals surface area contributed by atoms with Crippen molar-refractivity contribution in [1.82, 2.24) is 0 Å². The van der Waals surface area contributed by atoms with Crippen LogP contribution in [0.25, 0.3) is 0 Å². The van der Waals surface area contributed by atoms with Crippen molar-refractivity contribution in [2.75, 3.05) is 19.8 Å². The van der Waals surface area contributed by atoms with Gasteiger partial charge in [0.2, 0.25) is 0 Å². The van der Waals surface area contributed by atoms with Gasteiger partial charge in [-0.3, -0.25) is 0 Å². The van der Waals surface area contributed by atoms with Gasteiger partial charge in [-0.1, -0.05) is 12.6 Å². The lowest BCUT2D eigenvalue weighted by Gasteiger charge is -2.32. The van der Waals surface area contributed by atoms with E-state index in [1.54, 1.807) is 0 Å². The first-order valence-corrected chi connectivity index (χ1v) is 8.07. The predicted octanol–water partition coefficient (Wildman–Crippen LogP) is 1.77. The van der Waals surface area contributed by atoms with E-state index in [-0.39, 0.29) is 9.52 Å². The average molecular weight is 220 g/mol. The van der Waals surface area contributed by atoms with E-state index in [9.17, 15) is 0 Å². The first-order valence-electron chi connectivity index (χ1n) is 5.66. The molecular weight excluding hydrogens is 196 g/mol. The van der Waals surface area contributed by atoms with Crippen molar-refractivity contribution in [2.24, 2.45) is 0 Å². The molecule has 0 aromatic heterocycles. The van der Waals surface area contributed by atoms with Gasteiger partial charge in [0.05, 0.1) is 0 Å². The topological polar surface area (TPSA) is 27.7 Å². The summed E-state index contributed by atoms with van der Waals surface area (Å²) in [6, 6.07) is 1.19. The van der Waals surface area contributed by atoms with Crippen LogP contribution in [0.4, 0.5) is 0 Å². The summed E-state index contributed by atoms with van der Waals surface area (Å²) in [4.78, 5) is 0. The summed E-state index contributed by atoms with van der Waals surface area (Å²) in [7, 11) is 0.0433. The Bertz CT molecular complexity index is 114. The Morgan fingerprint density at radius 1 is 0.929 bits per heavy atom. The summed E-state index contributed by atoms with van der Waals surface area (Å²) in [5.74, 6) is -0.763. The zero-order valence-corrected chi connectivity index (χ0v) is 11.4. The van der Waals surface area contributed by atoms with E-state index in [0.29, 0.717) is 19.8 Å². The van der Waals surface area contributed by atoms with Gasteiger partial charge in [0.1, 0.15) is 0 Å². The lowest BCUT2D eigenvalue weighted by molar-refractivity contribution is -0.377. The van der Waals surface area contributed by atoms with Crippen molar-refractivity contribution in [1.29, 1.82) is 0 Å². The summed E-state index contributed by atoms with van der Waals surface area (Å²) in [5, 5.41) is 0. The number of rotatable bonds is 9. The minimum Gasteiger partial charge on any atom is -0.328 e. The molecule has 3 nitrogen and oxygen atoms in total. The van der Waals surface area contributed by atoms with Crippen LogP contribution in [0.2, 0.25) is 12.6 Å². The number of hydrogen-bond acceptors (Lipinski definition) is 3. The first kappa shape index (κ1) is 14.1. The van der Waals surface area contributed by atoms with E-state index in [2.05, 4.69) is 6.55 Å². The van der Waals surface area contributed by atoms with Crippen molar-refractivity contribution in [2.45, 2.75) is 45.8 Å². The Morgan fingerprint density at radius 3 is 1.64 bits per heavy atom. The minimum absolute atomic E-state index is 0.0433. The van der Waals surface area contributed by atoms with Gasteiger partial charge in [0, 0.05) is 35.8 Å². The van der Waals surface area contributed by atoms with Crippen LogP contribution >= 0.6 is 0 Å². The van der Waals surface area contributed by atoms with Crippen LogP contribution in [0.1, 0.15) is 27.2 Å². The molecule has 0 atom stereocenters. The highest BCUT2D eigenvalue weighted by Gasteiger charge is 2.31. The molecule has 0 amide bonds. The molecule has 4 heteroatoms. The van der Waals surface area contributed by atoms with Crippen LogP contribution in [0.15, 0.2) is 0 Å². The Kier molecular flexibility index (Phi) is 8.47. The molecule has 14 heavy (non-hydrogen) atoms. The van der Waals surface area contributed by atoms with Gasteiger partial charge in [0.25, 0.3) is 5.97 Å². The minimum atomic E-state index is -0.763. The molecule has 0 rings (SSSR count). The van der Waals surface area contributed by atoms with Crippen LogP contribution in [-0.4, -0.2) is 35.3 Å². The van der Waals surface area contributed by atoms with E-state index in [1.165, 1.54) is 6.04 Å². The first-order chi connectivity index (χ1) is 6.74. The Balaban J connectivity index is 4.21. The highest BCUT2D eigenvalue weighted by Crippen LogP contribution is 2.22. The van der Waals surface area contributed by atoms with Crippen molar-refractivity contribution in [3.63, 3.8) is 0 Å². The van der Waals surface area contributed by atoms with Crippen LogP contribution in [-0.2, 0) is 14.2 Å². The molecule has 0 fully saturated rings. The molecule has 0 spiro atoms. The maximum absolute atomic E-state index is 5.59. The molecular formula is C10H24O3Si. The van der Waals surface area contributed by atoms with Crippen LogP contribution in [0.5, 0.6) is 0 Å². The van der Waals surface area contributed by atoms with Gasteiger partial charge in [-0.2, -0.15) is 0 Å². The third-order valence-electron chi connectivity index (χ3n) is 1.93. The fourth-order valence-electron chi connectivity index (χ4n) is 1.39. The Morgan fingerprint density at radius 2 is 1.36 bits per heavy atom. The summed E-state index contributed by atoms with van der Waals surface area (Å²) in [6.07, 6.45) is 0.866. The standard InChI is InChI=1S/C10H24O3Si/c1-5-11-10(12-6-2,13-7-3)8-9-14-4/h5-9,14H2,1-4H3. The van der Waals surface area contributed by atoms with Gasteiger partial charge in [0.15, 0.2) is 0 Å². The lowest BCUT2D eigenvalue weighted by Crippen LogP contribution is -2.39. The Labute approximate surface area is 89.9 Å². The molecule has 0 aromatic rings. The zero-order valence-electron chi connectivity index (χ0n) is 9.97. The maximum Gasteiger partial charge on any atom is 0.282 e. The van der Waals surface area contributed by atoms with Crippen molar-refractivity contribution >= 4 is 9.52 Å². The molecule has 0 saturated heterocycles. The molecule has 0 heterocycles. The number of ether oxygens (including phenoxy) is 3. The molecule has 0 radical (unpaired) electrons. The van der Waals surface area contributed by atoms with E-state index >= 15 is 0 Å². The van der Waals surface area contributed by atoms with Crippen LogP contribution in [0.3, 0.4) is 0 Å². The highest BCUT2D eigenvalue weighted by atomic mass is 28.2. The fraction of sp³-hybridized carbons (Fsp3) is 1.00. The Hall–Kier alpha value is 0.0969. The van der Waals surface area contributed by atoms with E-state index in [4.69, 9.17) is 14.2 Å². The summed E-state index contributed by atoms with van der Waals surface area (Å²) < 4.78 is 16.8. The van der Waals surface area contributed by atoms with E-state index in [1.807, 2.05) is 20.8 Å². The summed E-state index contributed by atoms with van der Waals surface area (Å²) >= 11 is 0. The summed E-state index contributed by atoms with van der Waals surface area (Å²) in [6.45, 7) is 10.1. The van der Waals surface area contributed by atoms with Crippen molar-refractivity contribution in [3.05, 3.63) is 0 Å². The molecule has 0 bridgehead atoms. The second-order valence-corrected chi connectivity index (χ2v) is 4.79. The highest BCUT2D eigenvalue weighted by molar-refractivity contribution is 6.33. The largest absolute Gasteiger partial charge is 0.328 e. The lowest BCUT2D eigenvalue weighted by atomic mass is 10.4. The molecule has 0 saturated carbocycles. The van der Waals surface area contributed by atoms with Crippen molar-refractivity contribution in [3.8, 4) is 0 Å². The summed E-state index contributed by atoms with van der Waals surface area (Å²) in [5.41, 5.74) is 0. The van der Waals surface area contributed by atoms with E-state index in [0.717, 1.165) is 6.42 Å². The van der Waals surface area contributed by atoms with Crippen LogP contribution in [0, 0.1) is 0 Å². The normalized spacial score (nSPS) is 12.9. The van der Waals surface area contributed by atoms with Gasteiger partial charge in [-0.25, -0.2) is 0 Å². The third-order valence-corrected chi connectivity index (χ3v) is 2.99. The zero-order chi connectivity index (χ0) is 10.9. The van der Waals surface area contributed by atoms with Gasteiger partial charge >= 0.3 is 0 Å². The van der Waals surface area contributed by atoms with Gasteiger partial charge in [-0.05, 0) is 20.8 Å². The quantitative estimate of drug-likeness (QED) is 0.438. The molecule has 0 aliphatic heterocycles. The second kappa shape index (κ2) is 8.41. The van der Waals surface area contributed by atoms with Crippen molar-refractivity contribution < 1.29 is 14.2 Å². The molecule has 0 aromatic carbocycles. The molecule has 86 valence electrons. The van der Waals surface area contributed by atoms with Crippen LogP contribution < -0.4 is 0 Å². The van der Waals surface area contributed by atoms with E-state index < -0.39 is 5.97 Å². The molecule has 0 aliphatic carbocycles. The predicted molar refractivity (Wildman–Crippen MR) is 61.4 cm³/mol. The average Bonchev–Trinajstić information content (AvgIpc) is 2.16. The third kappa shape index (κ3) is 5.10. The smallest absolute Gasteiger partial charge is 0.282 e. The molecule has 0 N–H and O–H groups in total. The molecule has 0 aliphatic rings. The monoisotopic (exact) mass is 220 g/mol. The molecule has 0 unspecified atom stereocenters.